The van der Waals surface area contributed by atoms with Gasteiger partial charge in [-0.1, -0.05) is 36.4 Å². The van der Waals surface area contributed by atoms with Gasteiger partial charge in [-0.15, -0.1) is 0 Å². The summed E-state index contributed by atoms with van der Waals surface area (Å²) in [5.74, 6) is 0. The van der Waals surface area contributed by atoms with Crippen LogP contribution in [0.3, 0.4) is 0 Å². The van der Waals surface area contributed by atoms with Gasteiger partial charge in [0.15, 0.2) is 5.65 Å². The number of aromatic nitrogens is 4. The van der Waals surface area contributed by atoms with Gasteiger partial charge in [0, 0.05) is 54.1 Å². The van der Waals surface area contributed by atoms with Crippen LogP contribution in [0.2, 0.25) is 0 Å². The summed E-state index contributed by atoms with van der Waals surface area (Å²) < 4.78 is 31.3. The maximum Gasteiger partial charge on any atom is 0.404 e. The van der Waals surface area contributed by atoms with Crippen molar-refractivity contribution in [2.75, 3.05) is 6.54 Å². The summed E-state index contributed by atoms with van der Waals surface area (Å²) in [5, 5.41) is 37.7. The van der Waals surface area contributed by atoms with Crippen molar-refractivity contribution in [3.05, 3.63) is 119 Å². The zero-order valence-corrected chi connectivity index (χ0v) is 25.5. The summed E-state index contributed by atoms with van der Waals surface area (Å²) in [7, 11) is -4.16. The van der Waals surface area contributed by atoms with E-state index >= 15 is 0 Å². The molecule has 0 saturated heterocycles. The Morgan fingerprint density at radius 2 is 1.70 bits per heavy atom. The third kappa shape index (κ3) is 6.19. The van der Waals surface area contributed by atoms with E-state index in [-0.39, 0.29) is 29.4 Å². The number of pyridine rings is 1. The van der Waals surface area contributed by atoms with Crippen LogP contribution >= 0.6 is 0 Å². The lowest BCUT2D eigenvalue weighted by Gasteiger charge is -2.12. The minimum absolute atomic E-state index is 0.0682. The molecule has 3 aromatic carbocycles. The lowest BCUT2D eigenvalue weighted by atomic mass is 10.00. The van der Waals surface area contributed by atoms with E-state index in [2.05, 4.69) is 10.3 Å². The maximum atomic E-state index is 14.2. The molecule has 0 unspecified atom stereocenters. The van der Waals surface area contributed by atoms with Crippen molar-refractivity contribution in [2.24, 2.45) is 0 Å². The number of nitro groups is 1. The van der Waals surface area contributed by atoms with Crippen molar-refractivity contribution in [2.45, 2.75) is 24.5 Å². The van der Waals surface area contributed by atoms with E-state index < -0.39 is 21.0 Å². The number of hydrogen-bond acceptors (Lipinski definition) is 8. The molecule has 0 fully saturated rings. The van der Waals surface area contributed by atoms with Gasteiger partial charge in [0.2, 0.25) is 0 Å². The fourth-order valence-electron chi connectivity index (χ4n) is 5.41. The first-order valence-corrected chi connectivity index (χ1v) is 15.9. The van der Waals surface area contributed by atoms with Crippen molar-refractivity contribution in [3.63, 3.8) is 0 Å². The minimum Gasteiger partial charge on any atom is -0.465 e. The van der Waals surface area contributed by atoms with Gasteiger partial charge in [-0.25, -0.2) is 22.2 Å². The van der Waals surface area contributed by atoms with Gasteiger partial charge in [-0.3, -0.25) is 14.8 Å². The zero-order chi connectivity index (χ0) is 33.1. The first kappa shape index (κ1) is 31.1. The van der Waals surface area contributed by atoms with Gasteiger partial charge in [0.1, 0.15) is 5.69 Å². The maximum absolute atomic E-state index is 14.2. The highest BCUT2D eigenvalue weighted by Gasteiger charge is 2.27. The highest BCUT2D eigenvalue weighted by molar-refractivity contribution is 7.90. The first-order valence-electron chi connectivity index (χ1n) is 14.5. The molecule has 0 radical (unpaired) electrons. The van der Waals surface area contributed by atoms with E-state index in [9.17, 15) is 28.4 Å². The van der Waals surface area contributed by atoms with Crippen LogP contribution in [0.25, 0.3) is 44.7 Å². The summed E-state index contributed by atoms with van der Waals surface area (Å²) in [5.41, 5.74) is 3.88. The molecular weight excluding hydrogens is 624 g/mol. The number of aliphatic hydroxyl groups is 1. The van der Waals surface area contributed by atoms with Crippen molar-refractivity contribution >= 4 is 32.8 Å². The van der Waals surface area contributed by atoms with E-state index in [1.165, 1.54) is 34.4 Å². The molecule has 0 saturated carbocycles. The Morgan fingerprint density at radius 3 is 2.40 bits per heavy atom. The van der Waals surface area contributed by atoms with Gasteiger partial charge in [0.05, 0.1) is 22.1 Å². The van der Waals surface area contributed by atoms with Gasteiger partial charge in [-0.2, -0.15) is 5.10 Å². The molecule has 6 aromatic rings. The summed E-state index contributed by atoms with van der Waals surface area (Å²) in [6.45, 7) is 0.327. The molecule has 3 heterocycles. The number of benzene rings is 3. The molecule has 13 nitrogen and oxygen atoms in total. The average molecular weight is 653 g/mol. The molecule has 0 aliphatic rings. The number of hydrogen-bond donors (Lipinski definition) is 3. The molecule has 3 aromatic heterocycles. The molecule has 47 heavy (non-hydrogen) atoms. The molecule has 1 amide bonds. The lowest BCUT2D eigenvalue weighted by molar-refractivity contribution is -0.384. The average Bonchev–Trinajstić information content (AvgIpc) is 3.70. The monoisotopic (exact) mass is 652 g/mol. The Balaban J connectivity index is 1.58. The number of carbonyl (C=O) groups is 1. The molecule has 0 aliphatic carbocycles. The van der Waals surface area contributed by atoms with Crippen LogP contribution in [0.1, 0.15) is 12.0 Å². The molecular formula is C33H28N6O7S. The zero-order valence-electron chi connectivity index (χ0n) is 24.7. The molecule has 0 bridgehead atoms. The van der Waals surface area contributed by atoms with E-state index in [1.807, 2.05) is 0 Å². The predicted octanol–water partition coefficient (Wildman–Crippen LogP) is 5.53. The fourth-order valence-corrected chi connectivity index (χ4v) is 6.91. The van der Waals surface area contributed by atoms with E-state index in [0.717, 1.165) is 0 Å². The van der Waals surface area contributed by atoms with E-state index in [4.69, 9.17) is 10.2 Å². The number of rotatable bonds is 11. The number of nitrogens with one attached hydrogen (secondary N) is 1. The highest BCUT2D eigenvalue weighted by atomic mass is 32.2. The fraction of sp³-hybridized carbons (Fsp3) is 0.121. The van der Waals surface area contributed by atoms with Crippen LogP contribution in [0.5, 0.6) is 0 Å². The van der Waals surface area contributed by atoms with Crippen molar-refractivity contribution in [3.8, 4) is 33.6 Å². The van der Waals surface area contributed by atoms with Crippen LogP contribution in [0.15, 0.2) is 108 Å². The van der Waals surface area contributed by atoms with Gasteiger partial charge in [-0.05, 0) is 65.6 Å². The number of carboxylic acid groups (broad SMARTS) is 1. The Labute approximate surface area is 268 Å². The van der Waals surface area contributed by atoms with Crippen LogP contribution in [0, 0.1) is 10.1 Å². The number of amides is 1. The number of fused-ring (bicyclic) bond motifs is 1. The van der Waals surface area contributed by atoms with Crippen molar-refractivity contribution in [1.29, 1.82) is 0 Å². The molecule has 238 valence electrons. The van der Waals surface area contributed by atoms with Crippen LogP contribution in [-0.2, 0) is 23.2 Å². The number of nitro benzene ring substituents is 1. The van der Waals surface area contributed by atoms with Gasteiger partial charge < -0.3 is 15.5 Å². The third-order valence-corrected chi connectivity index (χ3v) is 9.31. The number of nitrogens with zero attached hydrogens (tertiary/aromatic N) is 5. The summed E-state index contributed by atoms with van der Waals surface area (Å²) in [4.78, 5) is 26.4. The Kier molecular flexibility index (Phi) is 8.52. The SMILES string of the molecule is O=C(O)NCCCn1cc(-c2ccnc3c2cc(-c2cccc(CO)c2)n3S(=O)(=O)c2ccccc2)c(-c2ccc([N+](=O)[O-])cc2)n1. The van der Waals surface area contributed by atoms with Crippen LogP contribution in [-0.4, -0.2) is 54.9 Å². The number of non-ortho nitro benzene ring substituents is 1. The van der Waals surface area contributed by atoms with Gasteiger partial charge in [0.25, 0.3) is 15.7 Å². The second kappa shape index (κ2) is 12.9. The Morgan fingerprint density at radius 1 is 0.936 bits per heavy atom. The number of aliphatic hydroxyl groups excluding tert-OH is 1. The summed E-state index contributed by atoms with van der Waals surface area (Å²) >= 11 is 0. The molecule has 0 spiro atoms. The second-order valence-electron chi connectivity index (χ2n) is 10.6. The van der Waals surface area contributed by atoms with E-state index in [0.29, 0.717) is 57.6 Å². The van der Waals surface area contributed by atoms with Crippen LogP contribution in [0.4, 0.5) is 10.5 Å². The predicted molar refractivity (Wildman–Crippen MR) is 174 cm³/mol. The summed E-state index contributed by atoms with van der Waals surface area (Å²) in [6, 6.07) is 24.4. The van der Waals surface area contributed by atoms with Crippen molar-refractivity contribution in [1.82, 2.24) is 24.1 Å². The van der Waals surface area contributed by atoms with E-state index in [1.54, 1.807) is 77.6 Å². The Hall–Kier alpha value is -5.86. The summed E-state index contributed by atoms with van der Waals surface area (Å²) in [6.07, 6.45) is 2.60. The third-order valence-electron chi connectivity index (χ3n) is 7.59. The van der Waals surface area contributed by atoms with Gasteiger partial charge >= 0.3 is 6.09 Å². The topological polar surface area (TPSA) is 182 Å². The smallest absolute Gasteiger partial charge is 0.404 e. The lowest BCUT2D eigenvalue weighted by Crippen LogP contribution is -2.22. The van der Waals surface area contributed by atoms with Crippen molar-refractivity contribution < 1.29 is 28.3 Å². The quantitative estimate of drug-likeness (QED) is 0.0920. The second-order valence-corrected chi connectivity index (χ2v) is 12.4. The number of aryl methyl sites for hydroxylation is 1. The molecule has 3 N–H and O–H groups in total. The molecule has 0 aliphatic heterocycles. The van der Waals surface area contributed by atoms with Crippen LogP contribution < -0.4 is 5.32 Å². The largest absolute Gasteiger partial charge is 0.465 e. The Bertz CT molecular complexity index is 2210. The first-order chi connectivity index (χ1) is 22.7. The standard InChI is InChI=1S/C33H28N6O7S/c40-21-22-6-4-7-24(18-22)30-19-28-27(14-16-34-32(28)38(30)47(45,46)26-8-2-1-3-9-26)29-20-37(17-5-15-35-33(41)42)36-31(29)23-10-12-25(13-11-23)39(43)44/h1-4,6-14,16,18-20,35,40H,5,15,17,21H2,(H,41,42). The molecule has 6 rings (SSSR count). The highest BCUT2D eigenvalue weighted by Crippen LogP contribution is 2.40. The molecule has 14 heteroatoms. The molecule has 0 atom stereocenters. The minimum atomic E-state index is -4.16. The normalized spacial score (nSPS) is 11.5.